The quantitative estimate of drug-likeness (QED) is 0.337. The van der Waals surface area contributed by atoms with E-state index in [1.165, 1.54) is 42.5 Å². The molecule has 1 aliphatic heterocycles. The highest BCUT2D eigenvalue weighted by molar-refractivity contribution is 5.69. The first-order valence-corrected chi connectivity index (χ1v) is 9.96. The third-order valence-electron chi connectivity index (χ3n) is 4.85. The van der Waals surface area contributed by atoms with Crippen LogP contribution in [0.1, 0.15) is 64.5 Å². The molecule has 2 heterocycles. The molecule has 0 unspecified atom stereocenters. The number of ether oxygens (including phenoxy) is 2. The molecule has 0 spiro atoms. The van der Waals surface area contributed by atoms with Gasteiger partial charge in [0.05, 0.1) is 0 Å². The zero-order valence-corrected chi connectivity index (χ0v) is 16.5. The molecule has 1 aliphatic rings. The summed E-state index contributed by atoms with van der Waals surface area (Å²) in [7, 11) is 0. The lowest BCUT2D eigenvalue weighted by atomic mass is 10.1. The lowest BCUT2D eigenvalue weighted by molar-refractivity contribution is -0.150. The summed E-state index contributed by atoms with van der Waals surface area (Å²) in [6.45, 7) is 5.88. The fraction of sp³-hybridized carbons (Fsp3) is 0.650. The van der Waals surface area contributed by atoms with Crippen LogP contribution in [0, 0.1) is 0 Å². The molecule has 0 radical (unpaired) electrons. The van der Waals surface area contributed by atoms with Gasteiger partial charge in [0.15, 0.2) is 6.23 Å². The maximum atomic E-state index is 12.0. The van der Waals surface area contributed by atoms with E-state index in [4.69, 9.17) is 15.2 Å². The van der Waals surface area contributed by atoms with E-state index in [0.717, 1.165) is 19.3 Å². The van der Waals surface area contributed by atoms with Crippen LogP contribution < -0.4 is 11.4 Å². The Morgan fingerprint density at radius 1 is 1.32 bits per heavy atom. The smallest absolute Gasteiger partial charge is 0.351 e. The Morgan fingerprint density at radius 3 is 2.68 bits per heavy atom. The van der Waals surface area contributed by atoms with Gasteiger partial charge in [-0.15, -0.1) is 0 Å². The summed E-state index contributed by atoms with van der Waals surface area (Å²) in [4.78, 5) is 27.5. The fourth-order valence-electron chi connectivity index (χ4n) is 3.16. The number of hydrogen-bond donors (Lipinski definition) is 2. The molecular formula is C20H31N3O5. The molecule has 0 aromatic carbocycles. The molecule has 8 nitrogen and oxygen atoms in total. The van der Waals surface area contributed by atoms with Crippen molar-refractivity contribution in [2.75, 3.05) is 12.3 Å². The highest BCUT2D eigenvalue weighted by Gasteiger charge is 2.39. The van der Waals surface area contributed by atoms with E-state index in [9.17, 15) is 14.7 Å². The van der Waals surface area contributed by atoms with Crippen LogP contribution in [-0.4, -0.2) is 39.4 Å². The monoisotopic (exact) mass is 393 g/mol. The van der Waals surface area contributed by atoms with Gasteiger partial charge < -0.3 is 20.3 Å². The summed E-state index contributed by atoms with van der Waals surface area (Å²) in [6, 6.07) is 1.46. The number of aromatic nitrogens is 2. The van der Waals surface area contributed by atoms with Gasteiger partial charge in [0.2, 0.25) is 0 Å². The van der Waals surface area contributed by atoms with Crippen molar-refractivity contribution < 1.29 is 19.4 Å². The first-order valence-electron chi connectivity index (χ1n) is 9.96. The van der Waals surface area contributed by atoms with E-state index in [0.29, 0.717) is 12.0 Å². The van der Waals surface area contributed by atoms with Crippen LogP contribution in [0.15, 0.2) is 29.2 Å². The van der Waals surface area contributed by atoms with Crippen molar-refractivity contribution in [3.8, 4) is 0 Å². The van der Waals surface area contributed by atoms with Crippen LogP contribution >= 0.6 is 0 Å². The number of aliphatic hydroxyl groups is 1. The first-order chi connectivity index (χ1) is 13.4. The van der Waals surface area contributed by atoms with E-state index in [-0.39, 0.29) is 18.4 Å². The number of carbonyl (C=O) groups excluding carboxylic acids is 1. The molecular weight excluding hydrogens is 362 g/mol. The Kier molecular flexibility index (Phi) is 8.66. The van der Waals surface area contributed by atoms with E-state index in [2.05, 4.69) is 18.5 Å². The van der Waals surface area contributed by atoms with Crippen molar-refractivity contribution in [2.45, 2.75) is 76.7 Å². The number of rotatable bonds is 11. The van der Waals surface area contributed by atoms with Gasteiger partial charge in [-0.1, -0.05) is 52.0 Å². The number of nitrogens with two attached hydrogens (primary N) is 1. The van der Waals surface area contributed by atoms with Gasteiger partial charge in [0.25, 0.3) is 0 Å². The number of carbonyl (C=O) groups is 1. The molecule has 8 heteroatoms. The van der Waals surface area contributed by atoms with E-state index < -0.39 is 24.1 Å². The topological polar surface area (TPSA) is 117 Å². The lowest BCUT2D eigenvalue weighted by Gasteiger charge is -2.15. The predicted molar refractivity (Wildman–Crippen MR) is 106 cm³/mol. The average Bonchev–Trinajstić information content (AvgIpc) is 2.94. The second kappa shape index (κ2) is 11.0. The van der Waals surface area contributed by atoms with Crippen molar-refractivity contribution in [3.63, 3.8) is 0 Å². The Hall–Kier alpha value is -2.19. The van der Waals surface area contributed by atoms with Gasteiger partial charge in [0.1, 0.15) is 24.6 Å². The number of esters is 1. The molecule has 2 rings (SSSR count). The third-order valence-corrected chi connectivity index (χ3v) is 4.85. The Labute approximate surface area is 165 Å². The number of nitrogens with zero attached hydrogens (tertiary/aromatic N) is 2. The van der Waals surface area contributed by atoms with E-state index in [1.807, 2.05) is 0 Å². The van der Waals surface area contributed by atoms with Gasteiger partial charge >= 0.3 is 11.7 Å². The van der Waals surface area contributed by atoms with Crippen LogP contribution in [0.5, 0.6) is 0 Å². The van der Waals surface area contributed by atoms with Crippen LogP contribution in [0.2, 0.25) is 0 Å². The largest absolute Gasteiger partial charge is 0.463 e. The number of unbranched alkanes of at least 4 members (excludes halogenated alkanes) is 6. The highest BCUT2D eigenvalue weighted by Crippen LogP contribution is 2.32. The molecule has 1 saturated heterocycles. The summed E-state index contributed by atoms with van der Waals surface area (Å²) in [5.74, 6) is -0.217. The van der Waals surface area contributed by atoms with Gasteiger partial charge in [0, 0.05) is 18.2 Å². The van der Waals surface area contributed by atoms with Crippen LogP contribution in [0.4, 0.5) is 5.82 Å². The molecule has 1 aromatic rings. The molecule has 28 heavy (non-hydrogen) atoms. The Balaban J connectivity index is 1.75. The minimum absolute atomic E-state index is 0.0941. The number of anilines is 1. The molecule has 3 atom stereocenters. The molecule has 1 fully saturated rings. The molecule has 0 amide bonds. The van der Waals surface area contributed by atoms with Gasteiger partial charge in [-0.3, -0.25) is 9.36 Å². The second-order valence-electron chi connectivity index (χ2n) is 7.14. The Morgan fingerprint density at radius 2 is 2.00 bits per heavy atom. The van der Waals surface area contributed by atoms with Gasteiger partial charge in [-0.05, 0) is 12.5 Å². The van der Waals surface area contributed by atoms with Crippen molar-refractivity contribution in [1.29, 1.82) is 0 Å². The maximum absolute atomic E-state index is 12.0. The third kappa shape index (κ3) is 6.17. The van der Waals surface area contributed by atoms with Crippen molar-refractivity contribution in [2.24, 2.45) is 0 Å². The van der Waals surface area contributed by atoms with E-state index in [1.54, 1.807) is 0 Å². The molecule has 0 aliphatic carbocycles. The van der Waals surface area contributed by atoms with Gasteiger partial charge in [-0.25, -0.2) is 4.79 Å². The summed E-state index contributed by atoms with van der Waals surface area (Å²) in [6.07, 6.45) is 6.95. The van der Waals surface area contributed by atoms with Crippen LogP contribution in [-0.2, 0) is 14.3 Å². The van der Waals surface area contributed by atoms with Crippen LogP contribution in [0.3, 0.4) is 0 Å². The Bertz CT molecular complexity index is 718. The zero-order chi connectivity index (χ0) is 20.5. The summed E-state index contributed by atoms with van der Waals surface area (Å²) >= 11 is 0. The van der Waals surface area contributed by atoms with E-state index >= 15 is 0 Å². The van der Waals surface area contributed by atoms with Crippen molar-refractivity contribution >= 4 is 11.8 Å². The summed E-state index contributed by atoms with van der Waals surface area (Å²) in [5.41, 5.74) is 5.19. The number of aliphatic hydroxyl groups excluding tert-OH is 1. The average molecular weight is 393 g/mol. The number of hydrogen-bond acceptors (Lipinski definition) is 7. The minimum Gasteiger partial charge on any atom is -0.463 e. The standard InChI is InChI=1S/C20H31N3O5/c1-3-4-5-6-7-8-9-10-17(24)27-13-15-18(25)14(2)19(28-15)23-12-11-16(21)22-20(23)26/h11-12,15,18-19,25H,2-10,13H2,1H3,(H2,21,22,26)/t15-,18+,19-/m1/s1. The second-order valence-corrected chi connectivity index (χ2v) is 7.14. The first kappa shape index (κ1) is 22.1. The molecule has 0 saturated carbocycles. The highest BCUT2D eigenvalue weighted by atomic mass is 16.6. The summed E-state index contributed by atoms with van der Waals surface area (Å²) < 4.78 is 12.1. The number of nitrogen functional groups attached to an aromatic ring is 1. The molecule has 1 aromatic heterocycles. The fourth-order valence-corrected chi connectivity index (χ4v) is 3.16. The summed E-state index contributed by atoms with van der Waals surface area (Å²) in [5, 5.41) is 10.3. The van der Waals surface area contributed by atoms with Crippen molar-refractivity contribution in [1.82, 2.24) is 9.55 Å². The van der Waals surface area contributed by atoms with Crippen molar-refractivity contribution in [3.05, 3.63) is 34.9 Å². The lowest BCUT2D eigenvalue weighted by Crippen LogP contribution is -2.29. The zero-order valence-electron chi connectivity index (χ0n) is 16.5. The maximum Gasteiger partial charge on any atom is 0.351 e. The molecule has 3 N–H and O–H groups in total. The normalized spacial score (nSPS) is 21.8. The molecule has 156 valence electrons. The molecule has 0 bridgehead atoms. The predicted octanol–water partition coefficient (Wildman–Crippen LogP) is 2.32. The SMILES string of the molecule is C=C1[C@H](n2ccc(N)nc2=O)O[C@H](COC(=O)CCCCCCCCC)[C@H]1O. The van der Waals surface area contributed by atoms with Crippen LogP contribution in [0.25, 0.3) is 0 Å². The minimum atomic E-state index is -1.04. The van der Waals surface area contributed by atoms with Gasteiger partial charge in [-0.2, -0.15) is 4.98 Å².